The predicted molar refractivity (Wildman–Crippen MR) is 89.0 cm³/mol. The second-order valence-corrected chi connectivity index (χ2v) is 4.82. The number of nitrogens with zero attached hydrogens (tertiary/aromatic N) is 1. The van der Waals surface area contributed by atoms with Crippen molar-refractivity contribution in [2.24, 2.45) is 0 Å². The third-order valence-corrected chi connectivity index (χ3v) is 2.98. The third-order valence-electron chi connectivity index (χ3n) is 2.98. The fourth-order valence-corrected chi connectivity index (χ4v) is 1.96. The molecule has 0 aliphatic rings. The molecule has 0 saturated heterocycles. The van der Waals surface area contributed by atoms with Crippen LogP contribution in [0.25, 0.3) is 0 Å². The summed E-state index contributed by atoms with van der Waals surface area (Å²) >= 11 is 0. The van der Waals surface area contributed by atoms with Gasteiger partial charge in [0.15, 0.2) is 0 Å². The molecule has 0 aliphatic heterocycles. The van der Waals surface area contributed by atoms with Crippen LogP contribution in [0.15, 0.2) is 48.5 Å². The first-order valence-corrected chi connectivity index (χ1v) is 6.99. The van der Waals surface area contributed by atoms with Gasteiger partial charge in [-0.3, -0.25) is 9.59 Å². The Kier molecular flexibility index (Phi) is 5.31. The highest BCUT2D eigenvalue weighted by Crippen LogP contribution is 2.15. The first kappa shape index (κ1) is 16.0. The van der Waals surface area contributed by atoms with Gasteiger partial charge < -0.3 is 16.0 Å². The van der Waals surface area contributed by atoms with Crippen molar-refractivity contribution in [1.82, 2.24) is 0 Å². The van der Waals surface area contributed by atoms with Gasteiger partial charge in [0, 0.05) is 18.3 Å². The van der Waals surface area contributed by atoms with Crippen molar-refractivity contribution >= 4 is 28.9 Å². The topological polar surface area (TPSA) is 94.0 Å². The van der Waals surface area contributed by atoms with Gasteiger partial charge in [-0.05, 0) is 36.4 Å². The van der Waals surface area contributed by atoms with Gasteiger partial charge in [-0.25, -0.2) is 0 Å². The molecule has 0 atom stereocenters. The number of para-hydroxylation sites is 1. The fourth-order valence-electron chi connectivity index (χ4n) is 1.96. The average Bonchev–Trinajstić information content (AvgIpc) is 2.54. The molecule has 0 saturated carbocycles. The van der Waals surface area contributed by atoms with E-state index in [0.717, 1.165) is 0 Å². The van der Waals surface area contributed by atoms with Crippen molar-refractivity contribution < 1.29 is 9.59 Å². The van der Waals surface area contributed by atoms with Crippen LogP contribution in [0.4, 0.5) is 17.1 Å². The Morgan fingerprint density at radius 1 is 1.00 bits per heavy atom. The molecule has 0 spiro atoms. The second-order valence-electron chi connectivity index (χ2n) is 4.82. The summed E-state index contributed by atoms with van der Waals surface area (Å²) in [5.74, 6) is -0.382. The Labute approximate surface area is 134 Å². The maximum Gasteiger partial charge on any atom is 0.243 e. The van der Waals surface area contributed by atoms with Crippen LogP contribution >= 0.6 is 0 Å². The Morgan fingerprint density at radius 3 is 2.22 bits per heavy atom. The lowest BCUT2D eigenvalue weighted by Crippen LogP contribution is -2.22. The molecular formula is C17H16N4O2. The summed E-state index contributed by atoms with van der Waals surface area (Å²) in [6.07, 6.45) is 0. The van der Waals surface area contributed by atoms with E-state index in [1.165, 1.54) is 6.92 Å². The number of carbonyl (C=O) groups is 2. The number of nitriles is 1. The highest BCUT2D eigenvalue weighted by Gasteiger charge is 2.05. The highest BCUT2D eigenvalue weighted by molar-refractivity contribution is 5.94. The van der Waals surface area contributed by atoms with E-state index in [1.807, 2.05) is 0 Å². The number of nitrogens with one attached hydrogen (secondary N) is 3. The molecule has 2 aromatic rings. The number of anilines is 3. The molecular weight excluding hydrogens is 292 g/mol. The molecule has 6 heteroatoms. The van der Waals surface area contributed by atoms with Gasteiger partial charge in [0.1, 0.15) is 6.07 Å². The van der Waals surface area contributed by atoms with Gasteiger partial charge >= 0.3 is 0 Å². The van der Waals surface area contributed by atoms with E-state index < -0.39 is 0 Å². The standard InChI is InChI=1S/C17H16N4O2/c1-12(22)20-14-6-8-15(9-7-14)21-17(23)11-19-16-5-3-2-4-13(16)10-18/h2-9,19H,11H2,1H3,(H,20,22)(H,21,23). The van der Waals surface area contributed by atoms with Crippen molar-refractivity contribution in [3.63, 3.8) is 0 Å². The van der Waals surface area contributed by atoms with Crippen LogP contribution in [0.1, 0.15) is 12.5 Å². The van der Waals surface area contributed by atoms with Crippen molar-refractivity contribution in [2.75, 3.05) is 22.5 Å². The largest absolute Gasteiger partial charge is 0.375 e. The molecule has 6 nitrogen and oxygen atoms in total. The second kappa shape index (κ2) is 7.61. The van der Waals surface area contributed by atoms with E-state index in [1.54, 1.807) is 48.5 Å². The Balaban J connectivity index is 1.90. The number of carbonyl (C=O) groups excluding carboxylic acids is 2. The molecule has 0 unspecified atom stereocenters. The molecule has 23 heavy (non-hydrogen) atoms. The van der Waals surface area contributed by atoms with Gasteiger partial charge in [0.25, 0.3) is 0 Å². The summed E-state index contributed by atoms with van der Waals surface area (Å²) in [5.41, 5.74) is 2.39. The van der Waals surface area contributed by atoms with Crippen LogP contribution in [0, 0.1) is 11.3 Å². The summed E-state index contributed by atoms with van der Waals surface area (Å²) in [6, 6.07) is 15.9. The normalized spacial score (nSPS) is 9.57. The number of benzene rings is 2. The zero-order valence-electron chi connectivity index (χ0n) is 12.6. The van der Waals surface area contributed by atoms with E-state index in [-0.39, 0.29) is 18.4 Å². The van der Waals surface area contributed by atoms with Gasteiger partial charge in [-0.15, -0.1) is 0 Å². The molecule has 0 bridgehead atoms. The van der Waals surface area contributed by atoms with Gasteiger partial charge in [-0.2, -0.15) is 5.26 Å². The van der Waals surface area contributed by atoms with Crippen LogP contribution in [0.2, 0.25) is 0 Å². The first-order valence-electron chi connectivity index (χ1n) is 6.99. The van der Waals surface area contributed by atoms with Gasteiger partial charge in [0.2, 0.25) is 11.8 Å². The number of hydrogen-bond donors (Lipinski definition) is 3. The minimum Gasteiger partial charge on any atom is -0.375 e. The van der Waals surface area contributed by atoms with Crippen LogP contribution < -0.4 is 16.0 Å². The average molecular weight is 308 g/mol. The zero-order chi connectivity index (χ0) is 16.7. The smallest absolute Gasteiger partial charge is 0.243 e. The quantitative estimate of drug-likeness (QED) is 0.791. The van der Waals surface area contributed by atoms with Crippen LogP contribution in [-0.2, 0) is 9.59 Å². The van der Waals surface area contributed by atoms with E-state index in [2.05, 4.69) is 22.0 Å². The summed E-state index contributed by atoms with van der Waals surface area (Å²) < 4.78 is 0. The molecule has 3 N–H and O–H groups in total. The lowest BCUT2D eigenvalue weighted by atomic mass is 10.2. The summed E-state index contributed by atoms with van der Waals surface area (Å²) in [4.78, 5) is 22.9. The maximum absolute atomic E-state index is 11.9. The van der Waals surface area contributed by atoms with Crippen molar-refractivity contribution in [3.05, 3.63) is 54.1 Å². The van der Waals surface area contributed by atoms with Crippen LogP contribution in [0.5, 0.6) is 0 Å². The fraction of sp³-hybridized carbons (Fsp3) is 0.118. The molecule has 2 amide bonds. The number of rotatable bonds is 5. The van der Waals surface area contributed by atoms with Gasteiger partial charge in [-0.1, -0.05) is 12.1 Å². The number of hydrogen-bond acceptors (Lipinski definition) is 4. The van der Waals surface area contributed by atoms with E-state index in [0.29, 0.717) is 22.6 Å². The molecule has 0 aliphatic carbocycles. The van der Waals surface area contributed by atoms with Crippen molar-refractivity contribution in [3.8, 4) is 6.07 Å². The Bertz CT molecular complexity index is 748. The molecule has 2 rings (SSSR count). The van der Waals surface area contributed by atoms with Gasteiger partial charge in [0.05, 0.1) is 17.8 Å². The Morgan fingerprint density at radius 2 is 1.61 bits per heavy atom. The lowest BCUT2D eigenvalue weighted by Gasteiger charge is -2.09. The number of amides is 2. The minimum absolute atomic E-state index is 0.0478. The summed E-state index contributed by atoms with van der Waals surface area (Å²) in [5, 5.41) is 17.3. The predicted octanol–water partition coefficient (Wildman–Crippen LogP) is 2.57. The molecule has 116 valence electrons. The monoisotopic (exact) mass is 308 g/mol. The van der Waals surface area contributed by atoms with Crippen LogP contribution in [-0.4, -0.2) is 18.4 Å². The first-order chi connectivity index (χ1) is 11.1. The van der Waals surface area contributed by atoms with E-state index >= 15 is 0 Å². The highest BCUT2D eigenvalue weighted by atomic mass is 16.2. The minimum atomic E-state index is -0.231. The van der Waals surface area contributed by atoms with Crippen molar-refractivity contribution in [1.29, 1.82) is 5.26 Å². The van der Waals surface area contributed by atoms with Crippen molar-refractivity contribution in [2.45, 2.75) is 6.92 Å². The maximum atomic E-state index is 11.9. The van der Waals surface area contributed by atoms with E-state index in [4.69, 9.17) is 5.26 Å². The molecule has 0 radical (unpaired) electrons. The lowest BCUT2D eigenvalue weighted by molar-refractivity contribution is -0.115. The third kappa shape index (κ3) is 4.86. The zero-order valence-corrected chi connectivity index (χ0v) is 12.6. The van der Waals surface area contributed by atoms with Crippen LogP contribution in [0.3, 0.4) is 0 Å². The van der Waals surface area contributed by atoms with E-state index in [9.17, 15) is 9.59 Å². The molecule has 0 aromatic heterocycles. The SMILES string of the molecule is CC(=O)Nc1ccc(NC(=O)CNc2ccccc2C#N)cc1. The summed E-state index contributed by atoms with van der Waals surface area (Å²) in [6.45, 7) is 1.48. The molecule has 0 fully saturated rings. The Hall–Kier alpha value is -3.33. The summed E-state index contributed by atoms with van der Waals surface area (Å²) in [7, 11) is 0. The molecule has 2 aromatic carbocycles. The molecule has 0 heterocycles.